The zero-order valence-corrected chi connectivity index (χ0v) is 20.9. The van der Waals surface area contributed by atoms with Crippen molar-refractivity contribution in [2.75, 3.05) is 6.54 Å². The minimum Gasteiger partial charge on any atom is -0.329 e. The third-order valence-corrected chi connectivity index (χ3v) is 6.57. The van der Waals surface area contributed by atoms with Crippen molar-refractivity contribution in [1.29, 1.82) is 0 Å². The Morgan fingerprint density at radius 2 is 1.81 bits per heavy atom. The predicted molar refractivity (Wildman–Crippen MR) is 140 cm³/mol. The molecule has 36 heavy (non-hydrogen) atoms. The van der Waals surface area contributed by atoms with Crippen LogP contribution in [0.2, 0.25) is 5.02 Å². The number of amides is 1. The van der Waals surface area contributed by atoms with Crippen molar-refractivity contribution >= 4 is 34.1 Å². The molecule has 0 saturated carbocycles. The summed E-state index contributed by atoms with van der Waals surface area (Å²) in [6.07, 6.45) is 0.703. The molecular weight excluding hydrogens is 480 g/mol. The van der Waals surface area contributed by atoms with Crippen LogP contribution in [-0.4, -0.2) is 31.8 Å². The molecule has 0 N–H and O–H groups in total. The van der Waals surface area contributed by atoms with Crippen molar-refractivity contribution in [2.45, 2.75) is 33.2 Å². The zero-order valence-electron chi connectivity index (χ0n) is 20.1. The zero-order chi connectivity index (χ0) is 26.0. The van der Waals surface area contributed by atoms with E-state index >= 15 is 0 Å². The summed E-state index contributed by atoms with van der Waals surface area (Å²) < 4.78 is 1.58. The molecule has 1 aromatic heterocycles. The molecule has 9 heteroatoms. The maximum absolute atomic E-state index is 13.8. The summed E-state index contributed by atoms with van der Waals surface area (Å²) >= 11 is 5.94. The second-order valence-corrected chi connectivity index (χ2v) is 8.71. The largest absolute Gasteiger partial charge is 0.329 e. The van der Waals surface area contributed by atoms with E-state index in [0.29, 0.717) is 28.8 Å². The standard InChI is InChI=1S/C27H25ClN4O4/c1-4-18-10-6-9-13-23(18)31-25(29-22-12-8-7-11-20(22)27(31)34)17(3)30(5-2)26(33)19-14-15-21(28)24(16-19)32(35)36/h6-17H,4-5H2,1-3H3. The third-order valence-electron chi connectivity index (χ3n) is 6.25. The quantitative estimate of drug-likeness (QED) is 0.236. The average Bonchev–Trinajstić information content (AvgIpc) is 2.89. The van der Waals surface area contributed by atoms with Gasteiger partial charge in [-0.15, -0.1) is 0 Å². The molecule has 184 valence electrons. The number of nitro benzene ring substituents is 1. The lowest BCUT2D eigenvalue weighted by atomic mass is 10.1. The lowest BCUT2D eigenvalue weighted by Crippen LogP contribution is -2.37. The summed E-state index contributed by atoms with van der Waals surface area (Å²) in [7, 11) is 0. The Kier molecular flexibility index (Phi) is 7.17. The van der Waals surface area contributed by atoms with E-state index in [2.05, 4.69) is 0 Å². The molecule has 0 bridgehead atoms. The van der Waals surface area contributed by atoms with Gasteiger partial charge in [0.2, 0.25) is 0 Å². The van der Waals surface area contributed by atoms with Crippen LogP contribution >= 0.6 is 11.6 Å². The number of carbonyl (C=O) groups is 1. The molecule has 4 aromatic rings. The monoisotopic (exact) mass is 504 g/mol. The van der Waals surface area contributed by atoms with E-state index in [4.69, 9.17) is 16.6 Å². The molecular formula is C27H25ClN4O4. The molecule has 1 unspecified atom stereocenters. The molecule has 4 rings (SSSR count). The first-order valence-corrected chi connectivity index (χ1v) is 12.0. The molecule has 0 aliphatic heterocycles. The van der Waals surface area contributed by atoms with Crippen LogP contribution in [0.25, 0.3) is 16.6 Å². The van der Waals surface area contributed by atoms with Gasteiger partial charge in [-0.3, -0.25) is 24.3 Å². The Balaban J connectivity index is 1.91. The van der Waals surface area contributed by atoms with Crippen LogP contribution in [0.4, 0.5) is 5.69 Å². The summed E-state index contributed by atoms with van der Waals surface area (Å²) in [5.74, 6) is -0.0271. The van der Waals surface area contributed by atoms with Crippen LogP contribution < -0.4 is 5.56 Å². The van der Waals surface area contributed by atoms with E-state index < -0.39 is 16.9 Å². The van der Waals surface area contributed by atoms with Crippen LogP contribution in [0, 0.1) is 10.1 Å². The fourth-order valence-corrected chi connectivity index (χ4v) is 4.56. The molecule has 8 nitrogen and oxygen atoms in total. The molecule has 0 aliphatic rings. The van der Waals surface area contributed by atoms with Crippen LogP contribution in [0.1, 0.15) is 48.6 Å². The third kappa shape index (κ3) is 4.47. The second kappa shape index (κ2) is 10.3. The normalized spacial score (nSPS) is 11.9. The molecule has 0 radical (unpaired) electrons. The minimum atomic E-state index is -0.626. The molecule has 3 aromatic carbocycles. The fraction of sp³-hybridized carbons (Fsp3) is 0.222. The van der Waals surface area contributed by atoms with Gasteiger partial charge in [-0.1, -0.05) is 48.9 Å². The minimum absolute atomic E-state index is 0.0474. The summed E-state index contributed by atoms with van der Waals surface area (Å²) in [5, 5.41) is 11.8. The number of aromatic nitrogens is 2. The summed E-state index contributed by atoms with van der Waals surface area (Å²) in [4.78, 5) is 44.4. The number of rotatable bonds is 7. The smallest absolute Gasteiger partial charge is 0.288 e. The Bertz CT molecular complexity index is 1530. The van der Waals surface area contributed by atoms with E-state index in [-0.39, 0.29) is 28.4 Å². The highest BCUT2D eigenvalue weighted by atomic mass is 35.5. The Labute approximate surface area is 212 Å². The van der Waals surface area contributed by atoms with Gasteiger partial charge in [0, 0.05) is 18.2 Å². The van der Waals surface area contributed by atoms with Gasteiger partial charge in [0.25, 0.3) is 17.2 Å². The fourth-order valence-electron chi connectivity index (χ4n) is 4.38. The summed E-state index contributed by atoms with van der Waals surface area (Å²) in [5.41, 5.74) is 1.75. The van der Waals surface area contributed by atoms with Crippen molar-refractivity contribution in [1.82, 2.24) is 14.5 Å². The highest BCUT2D eigenvalue weighted by molar-refractivity contribution is 6.32. The van der Waals surface area contributed by atoms with Crippen LogP contribution in [0.5, 0.6) is 0 Å². The Hall–Kier alpha value is -4.04. The number of hydrogen-bond donors (Lipinski definition) is 0. The maximum atomic E-state index is 13.8. The first kappa shape index (κ1) is 25.1. The number of fused-ring (bicyclic) bond motifs is 1. The summed E-state index contributed by atoms with van der Waals surface area (Å²) in [6.45, 7) is 5.90. The molecule has 1 atom stereocenters. The number of benzene rings is 3. The maximum Gasteiger partial charge on any atom is 0.288 e. The lowest BCUT2D eigenvalue weighted by molar-refractivity contribution is -0.384. The molecule has 0 fully saturated rings. The molecule has 0 aliphatic carbocycles. The van der Waals surface area contributed by atoms with Crippen LogP contribution in [-0.2, 0) is 6.42 Å². The highest BCUT2D eigenvalue weighted by Gasteiger charge is 2.28. The van der Waals surface area contributed by atoms with Gasteiger partial charge in [-0.05, 0) is 56.2 Å². The predicted octanol–water partition coefficient (Wildman–Crippen LogP) is 5.73. The lowest BCUT2D eigenvalue weighted by Gasteiger charge is -2.30. The first-order valence-electron chi connectivity index (χ1n) is 11.6. The topological polar surface area (TPSA) is 98.3 Å². The van der Waals surface area contributed by atoms with E-state index in [9.17, 15) is 19.7 Å². The number of aryl methyl sites for hydroxylation is 1. The SMILES string of the molecule is CCc1ccccc1-n1c(C(C)N(CC)C(=O)c2ccc(Cl)c([N+](=O)[O-])c2)nc2ccccc2c1=O. The number of carbonyl (C=O) groups excluding carboxylic acids is 1. The van der Waals surface area contributed by atoms with E-state index in [0.717, 1.165) is 5.56 Å². The number of para-hydroxylation sites is 2. The Morgan fingerprint density at radius 1 is 1.11 bits per heavy atom. The van der Waals surface area contributed by atoms with Crippen molar-refractivity contribution < 1.29 is 9.72 Å². The van der Waals surface area contributed by atoms with E-state index in [1.54, 1.807) is 29.7 Å². The van der Waals surface area contributed by atoms with Crippen molar-refractivity contribution in [2.24, 2.45) is 0 Å². The van der Waals surface area contributed by atoms with Gasteiger partial charge in [-0.25, -0.2) is 4.98 Å². The van der Waals surface area contributed by atoms with Crippen LogP contribution in [0.15, 0.2) is 71.5 Å². The van der Waals surface area contributed by atoms with Gasteiger partial charge in [0.1, 0.15) is 10.8 Å². The van der Waals surface area contributed by atoms with E-state index in [1.165, 1.54) is 23.1 Å². The molecule has 1 amide bonds. The van der Waals surface area contributed by atoms with E-state index in [1.807, 2.05) is 44.2 Å². The number of halogens is 1. The number of nitro groups is 1. The van der Waals surface area contributed by atoms with Crippen molar-refractivity contribution in [3.8, 4) is 5.69 Å². The second-order valence-electron chi connectivity index (χ2n) is 8.30. The average molecular weight is 505 g/mol. The first-order chi connectivity index (χ1) is 17.3. The molecule has 0 spiro atoms. The van der Waals surface area contributed by atoms with Crippen molar-refractivity contribution in [3.63, 3.8) is 0 Å². The van der Waals surface area contributed by atoms with Gasteiger partial charge in [-0.2, -0.15) is 0 Å². The highest BCUT2D eigenvalue weighted by Crippen LogP contribution is 2.29. The molecule has 0 saturated heterocycles. The summed E-state index contributed by atoms with van der Waals surface area (Å²) in [6, 6.07) is 18.1. The number of hydrogen-bond acceptors (Lipinski definition) is 5. The number of nitrogens with zero attached hydrogens (tertiary/aromatic N) is 4. The van der Waals surface area contributed by atoms with Gasteiger partial charge in [0.05, 0.1) is 27.6 Å². The van der Waals surface area contributed by atoms with Gasteiger partial charge >= 0.3 is 0 Å². The Morgan fingerprint density at radius 3 is 2.50 bits per heavy atom. The molecule has 1 heterocycles. The van der Waals surface area contributed by atoms with Gasteiger partial charge in [0.15, 0.2) is 0 Å². The van der Waals surface area contributed by atoms with Gasteiger partial charge < -0.3 is 4.90 Å². The van der Waals surface area contributed by atoms with Crippen molar-refractivity contribution in [3.05, 3.63) is 109 Å². The van der Waals surface area contributed by atoms with Crippen LogP contribution in [0.3, 0.4) is 0 Å².